The van der Waals surface area contributed by atoms with E-state index in [0.717, 1.165) is 11.0 Å². The Kier molecular flexibility index (Phi) is 6.52. The lowest BCUT2D eigenvalue weighted by Crippen LogP contribution is -2.57. The first-order chi connectivity index (χ1) is 14.7. The number of likely N-dealkylation sites (tertiary alicyclic amines) is 1. The molecule has 1 aromatic carbocycles. The molecule has 0 aliphatic carbocycles. The van der Waals surface area contributed by atoms with Gasteiger partial charge in [0.2, 0.25) is 5.91 Å². The normalized spacial score (nSPS) is 18.5. The molecule has 3 rings (SSSR count). The molecule has 9 nitrogen and oxygen atoms in total. The first-order valence-corrected chi connectivity index (χ1v) is 9.67. The number of amides is 3. The van der Waals surface area contributed by atoms with E-state index in [1.54, 1.807) is 14.0 Å². The van der Waals surface area contributed by atoms with Gasteiger partial charge in [0.1, 0.15) is 11.6 Å². The second-order valence-electron chi connectivity index (χ2n) is 7.26. The SMILES string of the molecule is CCN(C)C(=O)[C@@H]1CN(C(=O)O)CC[C@H]1NC(=O)c1cc(-c2ccc(F)cc2F)on1. The summed E-state index contributed by atoms with van der Waals surface area (Å²) in [5.41, 5.74) is -0.199. The Hall–Kier alpha value is -3.50. The van der Waals surface area contributed by atoms with Crippen molar-refractivity contribution >= 4 is 17.9 Å². The lowest BCUT2D eigenvalue weighted by Gasteiger charge is -2.38. The number of rotatable bonds is 5. The van der Waals surface area contributed by atoms with Crippen LogP contribution in [0.3, 0.4) is 0 Å². The number of nitrogens with zero attached hydrogens (tertiary/aromatic N) is 3. The summed E-state index contributed by atoms with van der Waals surface area (Å²) in [5, 5.41) is 15.6. The highest BCUT2D eigenvalue weighted by Crippen LogP contribution is 2.25. The molecule has 0 spiro atoms. The van der Waals surface area contributed by atoms with Crippen molar-refractivity contribution in [2.45, 2.75) is 19.4 Å². The van der Waals surface area contributed by atoms with Gasteiger partial charge in [0.25, 0.3) is 5.91 Å². The number of hydrogen-bond donors (Lipinski definition) is 2. The topological polar surface area (TPSA) is 116 Å². The van der Waals surface area contributed by atoms with Crippen LogP contribution in [0.2, 0.25) is 0 Å². The number of benzene rings is 1. The Balaban J connectivity index is 1.77. The van der Waals surface area contributed by atoms with Crippen molar-refractivity contribution < 1.29 is 32.8 Å². The van der Waals surface area contributed by atoms with Gasteiger partial charge in [-0.2, -0.15) is 0 Å². The molecule has 11 heteroatoms. The molecule has 0 bridgehead atoms. The molecule has 1 aliphatic rings. The summed E-state index contributed by atoms with van der Waals surface area (Å²) in [5.74, 6) is -3.37. The molecule has 166 valence electrons. The highest BCUT2D eigenvalue weighted by atomic mass is 19.1. The number of carbonyl (C=O) groups excluding carboxylic acids is 2. The summed E-state index contributed by atoms with van der Waals surface area (Å²) >= 11 is 0. The maximum Gasteiger partial charge on any atom is 0.407 e. The number of carboxylic acid groups (broad SMARTS) is 1. The molecule has 2 atom stereocenters. The van der Waals surface area contributed by atoms with E-state index >= 15 is 0 Å². The van der Waals surface area contributed by atoms with Gasteiger partial charge in [-0.25, -0.2) is 13.6 Å². The van der Waals surface area contributed by atoms with Crippen molar-refractivity contribution in [3.05, 3.63) is 41.6 Å². The smallest absolute Gasteiger partial charge is 0.407 e. The predicted molar refractivity (Wildman–Crippen MR) is 104 cm³/mol. The Bertz CT molecular complexity index is 996. The third-order valence-electron chi connectivity index (χ3n) is 5.31. The standard InChI is InChI=1S/C20H22F2N4O5/c1-3-25(2)19(28)13-10-26(20(29)30)7-6-15(13)23-18(27)16-9-17(31-24-16)12-5-4-11(21)8-14(12)22/h4-5,8-9,13,15H,3,6-7,10H2,1-2H3,(H,23,27)(H,29,30)/t13-,15-/m1/s1. The molecule has 2 aromatic rings. The summed E-state index contributed by atoms with van der Waals surface area (Å²) in [6.45, 7) is 2.33. The van der Waals surface area contributed by atoms with Crippen LogP contribution < -0.4 is 5.32 Å². The minimum atomic E-state index is -1.14. The zero-order valence-corrected chi connectivity index (χ0v) is 17.0. The minimum absolute atomic E-state index is 0.0473. The molecular formula is C20H22F2N4O5. The molecule has 1 aliphatic heterocycles. The van der Waals surface area contributed by atoms with Crippen LogP contribution in [0.5, 0.6) is 0 Å². The zero-order chi connectivity index (χ0) is 22.7. The lowest BCUT2D eigenvalue weighted by molar-refractivity contribution is -0.136. The summed E-state index contributed by atoms with van der Waals surface area (Å²) in [4.78, 5) is 39.3. The van der Waals surface area contributed by atoms with Crippen LogP contribution in [0.25, 0.3) is 11.3 Å². The molecule has 2 heterocycles. The largest absolute Gasteiger partial charge is 0.465 e. The molecule has 0 radical (unpaired) electrons. The molecule has 3 amide bonds. The van der Waals surface area contributed by atoms with Crippen LogP contribution in [-0.2, 0) is 4.79 Å². The molecule has 1 fully saturated rings. The van der Waals surface area contributed by atoms with E-state index in [4.69, 9.17) is 4.52 Å². The Morgan fingerprint density at radius 2 is 2.06 bits per heavy atom. The summed E-state index contributed by atoms with van der Waals surface area (Å²) in [7, 11) is 1.60. The van der Waals surface area contributed by atoms with Crippen LogP contribution >= 0.6 is 0 Å². The monoisotopic (exact) mass is 436 g/mol. The number of hydrogen-bond acceptors (Lipinski definition) is 5. The van der Waals surface area contributed by atoms with E-state index in [1.165, 1.54) is 17.0 Å². The molecule has 1 saturated heterocycles. The highest BCUT2D eigenvalue weighted by molar-refractivity contribution is 5.94. The van der Waals surface area contributed by atoms with E-state index in [2.05, 4.69) is 10.5 Å². The average Bonchev–Trinajstić information content (AvgIpc) is 3.22. The van der Waals surface area contributed by atoms with Crippen LogP contribution in [0, 0.1) is 17.6 Å². The van der Waals surface area contributed by atoms with Crippen molar-refractivity contribution in [1.29, 1.82) is 0 Å². The van der Waals surface area contributed by atoms with Crippen molar-refractivity contribution in [1.82, 2.24) is 20.3 Å². The lowest BCUT2D eigenvalue weighted by atomic mass is 9.90. The van der Waals surface area contributed by atoms with Crippen molar-refractivity contribution in [3.8, 4) is 11.3 Å². The fourth-order valence-corrected chi connectivity index (χ4v) is 3.43. The minimum Gasteiger partial charge on any atom is -0.465 e. The van der Waals surface area contributed by atoms with Gasteiger partial charge in [-0.1, -0.05) is 5.16 Å². The van der Waals surface area contributed by atoms with Gasteiger partial charge in [-0.15, -0.1) is 0 Å². The van der Waals surface area contributed by atoms with Gasteiger partial charge < -0.3 is 24.7 Å². The maximum absolute atomic E-state index is 13.9. The van der Waals surface area contributed by atoms with Gasteiger partial charge in [0.05, 0.1) is 11.5 Å². The zero-order valence-electron chi connectivity index (χ0n) is 17.0. The number of halogens is 2. The van der Waals surface area contributed by atoms with Crippen molar-refractivity contribution in [2.75, 3.05) is 26.7 Å². The first-order valence-electron chi connectivity index (χ1n) is 9.67. The quantitative estimate of drug-likeness (QED) is 0.742. The Labute approximate surface area is 176 Å². The Morgan fingerprint density at radius 3 is 2.71 bits per heavy atom. The number of carbonyl (C=O) groups is 3. The van der Waals surface area contributed by atoms with Crippen molar-refractivity contribution in [3.63, 3.8) is 0 Å². The number of aromatic nitrogens is 1. The fourth-order valence-electron chi connectivity index (χ4n) is 3.43. The van der Waals surface area contributed by atoms with Crippen LogP contribution in [0.1, 0.15) is 23.8 Å². The van der Waals surface area contributed by atoms with Gasteiger partial charge in [-0.05, 0) is 25.5 Å². The number of nitrogens with one attached hydrogen (secondary N) is 1. The third kappa shape index (κ3) is 4.81. The van der Waals surface area contributed by atoms with E-state index in [0.29, 0.717) is 12.6 Å². The molecule has 0 unspecified atom stereocenters. The Morgan fingerprint density at radius 1 is 1.32 bits per heavy atom. The summed E-state index contributed by atoms with van der Waals surface area (Å²) in [6.07, 6.45) is -0.896. The van der Waals surface area contributed by atoms with E-state index in [-0.39, 0.29) is 42.4 Å². The van der Waals surface area contributed by atoms with Crippen LogP contribution in [0.15, 0.2) is 28.8 Å². The van der Waals surface area contributed by atoms with Crippen LogP contribution in [-0.4, -0.2) is 70.7 Å². The third-order valence-corrected chi connectivity index (χ3v) is 5.31. The molecule has 1 aromatic heterocycles. The first kappa shape index (κ1) is 22.2. The maximum atomic E-state index is 13.9. The molecule has 2 N–H and O–H groups in total. The molecule has 0 saturated carbocycles. The average molecular weight is 436 g/mol. The molecule has 31 heavy (non-hydrogen) atoms. The van der Waals surface area contributed by atoms with Gasteiger partial charge in [-0.3, -0.25) is 9.59 Å². The van der Waals surface area contributed by atoms with Crippen molar-refractivity contribution in [2.24, 2.45) is 5.92 Å². The van der Waals surface area contributed by atoms with E-state index < -0.39 is 35.6 Å². The van der Waals surface area contributed by atoms with Gasteiger partial charge in [0, 0.05) is 44.9 Å². The second kappa shape index (κ2) is 9.11. The predicted octanol–water partition coefficient (Wildman–Crippen LogP) is 2.20. The summed E-state index contributed by atoms with van der Waals surface area (Å²) in [6, 6.07) is 3.51. The molecular weight excluding hydrogens is 414 g/mol. The van der Waals surface area contributed by atoms with E-state index in [1.807, 2.05) is 0 Å². The van der Waals surface area contributed by atoms with Gasteiger partial charge >= 0.3 is 6.09 Å². The van der Waals surface area contributed by atoms with Gasteiger partial charge in [0.15, 0.2) is 11.5 Å². The fraction of sp³-hybridized carbons (Fsp3) is 0.400. The summed E-state index contributed by atoms with van der Waals surface area (Å²) < 4.78 is 32.1. The highest BCUT2D eigenvalue weighted by Gasteiger charge is 2.38. The van der Waals surface area contributed by atoms with E-state index in [9.17, 15) is 28.3 Å². The number of piperidine rings is 1. The van der Waals surface area contributed by atoms with Crippen LogP contribution in [0.4, 0.5) is 13.6 Å². The second-order valence-corrected chi connectivity index (χ2v) is 7.26.